The Balaban J connectivity index is 1.38. The molecule has 33 heavy (non-hydrogen) atoms. The van der Waals surface area contributed by atoms with Crippen LogP contribution in [0.2, 0.25) is 15.1 Å². The second kappa shape index (κ2) is 10.2. The van der Waals surface area contributed by atoms with Gasteiger partial charge >= 0.3 is 0 Å². The van der Waals surface area contributed by atoms with Crippen LogP contribution < -0.4 is 14.8 Å². The number of aromatic nitrogens is 2. The number of hydrogen-bond donors (Lipinski definition) is 1. The molecule has 0 saturated heterocycles. The van der Waals surface area contributed by atoms with E-state index in [2.05, 4.69) is 10.4 Å². The highest BCUT2D eigenvalue weighted by Gasteiger charge is 2.17. The van der Waals surface area contributed by atoms with Gasteiger partial charge in [0.05, 0.1) is 13.7 Å². The van der Waals surface area contributed by atoms with E-state index in [1.54, 1.807) is 72.6 Å². The maximum Gasteiger partial charge on any atom is 0.292 e. The Morgan fingerprint density at radius 2 is 1.70 bits per heavy atom. The van der Waals surface area contributed by atoms with Crippen molar-refractivity contribution < 1.29 is 18.7 Å². The molecule has 0 fully saturated rings. The molecule has 10 heteroatoms. The highest BCUT2D eigenvalue weighted by Crippen LogP contribution is 2.27. The number of nitrogens with zero attached hydrogens (tertiary/aromatic N) is 2. The molecule has 1 amide bonds. The number of rotatable bonds is 8. The van der Waals surface area contributed by atoms with E-state index < -0.39 is 5.91 Å². The minimum Gasteiger partial charge on any atom is -0.497 e. The minimum absolute atomic E-state index is 0.100. The van der Waals surface area contributed by atoms with Crippen LogP contribution in [0.5, 0.6) is 11.5 Å². The minimum atomic E-state index is -0.492. The first-order valence-electron chi connectivity index (χ1n) is 9.75. The summed E-state index contributed by atoms with van der Waals surface area (Å²) in [6.45, 7) is 0.454. The van der Waals surface area contributed by atoms with Gasteiger partial charge in [0.15, 0.2) is 11.6 Å². The summed E-state index contributed by atoms with van der Waals surface area (Å²) in [6.07, 6.45) is 1.58. The van der Waals surface area contributed by atoms with Crippen LogP contribution in [-0.4, -0.2) is 22.8 Å². The molecule has 0 bridgehead atoms. The second-order valence-corrected chi connectivity index (χ2v) is 8.13. The van der Waals surface area contributed by atoms with Crippen molar-refractivity contribution in [3.8, 4) is 11.5 Å². The molecule has 7 nitrogen and oxygen atoms in total. The van der Waals surface area contributed by atoms with Crippen molar-refractivity contribution >= 4 is 46.5 Å². The molecule has 0 spiro atoms. The standard InChI is InChI=1S/C23H18Cl3N3O4/c1-31-14-5-7-15(8-6-14)32-13-16-9-10-21(33-16)23(30)27-22-20(26)12-29(28-22)11-17-18(24)3-2-4-19(17)25/h2-10,12H,11,13H2,1H3,(H,27,28,30). The number of nitrogens with one attached hydrogen (secondary N) is 1. The summed E-state index contributed by atoms with van der Waals surface area (Å²) in [4.78, 5) is 12.6. The average molecular weight is 507 g/mol. The predicted octanol–water partition coefficient (Wildman–Crippen LogP) is 6.32. The smallest absolute Gasteiger partial charge is 0.292 e. The number of ether oxygens (including phenoxy) is 2. The summed E-state index contributed by atoms with van der Waals surface area (Å²) < 4.78 is 17.9. The largest absolute Gasteiger partial charge is 0.497 e. The quantitative estimate of drug-likeness (QED) is 0.302. The molecule has 2 heterocycles. The molecule has 0 aliphatic rings. The number of halogens is 3. The highest BCUT2D eigenvalue weighted by molar-refractivity contribution is 6.36. The fourth-order valence-corrected chi connectivity index (χ4v) is 3.70. The monoisotopic (exact) mass is 505 g/mol. The molecule has 0 radical (unpaired) electrons. The molecule has 0 aliphatic heterocycles. The molecule has 4 aromatic rings. The van der Waals surface area contributed by atoms with Gasteiger partial charge in [-0.25, -0.2) is 0 Å². The summed E-state index contributed by atoms with van der Waals surface area (Å²) in [7, 11) is 1.59. The zero-order valence-corrected chi connectivity index (χ0v) is 19.6. The van der Waals surface area contributed by atoms with Gasteiger partial charge in [-0.15, -0.1) is 0 Å². The lowest BCUT2D eigenvalue weighted by Crippen LogP contribution is -2.12. The van der Waals surface area contributed by atoms with Crippen LogP contribution in [0.3, 0.4) is 0 Å². The predicted molar refractivity (Wildman–Crippen MR) is 127 cm³/mol. The zero-order valence-electron chi connectivity index (χ0n) is 17.3. The third-order valence-electron chi connectivity index (χ3n) is 4.66. The van der Waals surface area contributed by atoms with E-state index in [0.29, 0.717) is 33.7 Å². The third-order valence-corrected chi connectivity index (χ3v) is 5.64. The van der Waals surface area contributed by atoms with E-state index in [1.807, 2.05) is 0 Å². The summed E-state index contributed by atoms with van der Waals surface area (Å²) in [5, 5.41) is 8.25. The van der Waals surface area contributed by atoms with Crippen molar-refractivity contribution in [1.29, 1.82) is 0 Å². The molecule has 2 aromatic carbocycles. The maximum atomic E-state index is 12.6. The van der Waals surface area contributed by atoms with Crippen molar-refractivity contribution in [2.45, 2.75) is 13.2 Å². The lowest BCUT2D eigenvalue weighted by Gasteiger charge is -2.06. The van der Waals surface area contributed by atoms with E-state index in [4.69, 9.17) is 48.7 Å². The van der Waals surface area contributed by atoms with Crippen LogP contribution in [0.1, 0.15) is 21.9 Å². The van der Waals surface area contributed by atoms with E-state index >= 15 is 0 Å². The number of carbonyl (C=O) groups excluding carboxylic acids is 1. The molecule has 0 atom stereocenters. The van der Waals surface area contributed by atoms with Gasteiger partial charge in [-0.05, 0) is 48.5 Å². The Kier molecular flexibility index (Phi) is 7.13. The van der Waals surface area contributed by atoms with Crippen molar-refractivity contribution in [2.75, 3.05) is 12.4 Å². The fourth-order valence-electron chi connectivity index (χ4n) is 2.98. The number of furan rings is 1. The Labute approximate surface area is 204 Å². The number of methoxy groups -OCH3 is 1. The van der Waals surface area contributed by atoms with Gasteiger partial charge in [-0.2, -0.15) is 5.10 Å². The van der Waals surface area contributed by atoms with Crippen molar-refractivity contribution in [1.82, 2.24) is 9.78 Å². The molecule has 2 aromatic heterocycles. The van der Waals surface area contributed by atoms with Crippen molar-refractivity contribution in [2.24, 2.45) is 0 Å². The van der Waals surface area contributed by atoms with Crippen LogP contribution in [-0.2, 0) is 13.2 Å². The van der Waals surface area contributed by atoms with Gasteiger partial charge in [0.2, 0.25) is 0 Å². The van der Waals surface area contributed by atoms with Gasteiger partial charge in [0.1, 0.15) is 28.9 Å². The van der Waals surface area contributed by atoms with Crippen LogP contribution in [0, 0.1) is 0 Å². The SMILES string of the molecule is COc1ccc(OCc2ccc(C(=O)Nc3nn(Cc4c(Cl)cccc4Cl)cc3Cl)o2)cc1. The number of anilines is 1. The van der Waals surface area contributed by atoms with Gasteiger partial charge in [0, 0.05) is 21.8 Å². The topological polar surface area (TPSA) is 78.5 Å². The zero-order chi connectivity index (χ0) is 23.4. The second-order valence-electron chi connectivity index (χ2n) is 6.91. The van der Waals surface area contributed by atoms with Crippen LogP contribution in [0.4, 0.5) is 5.82 Å². The highest BCUT2D eigenvalue weighted by atomic mass is 35.5. The van der Waals surface area contributed by atoms with Gasteiger partial charge in [0.25, 0.3) is 5.91 Å². The Morgan fingerprint density at radius 1 is 1.00 bits per heavy atom. The van der Waals surface area contributed by atoms with Crippen molar-refractivity contribution in [3.63, 3.8) is 0 Å². The third kappa shape index (κ3) is 5.63. The first-order chi connectivity index (χ1) is 15.9. The van der Waals surface area contributed by atoms with E-state index in [0.717, 1.165) is 5.75 Å². The summed E-state index contributed by atoms with van der Waals surface area (Å²) in [5.41, 5.74) is 0.699. The molecule has 0 aliphatic carbocycles. The van der Waals surface area contributed by atoms with Crippen LogP contribution in [0.15, 0.2) is 65.2 Å². The molecule has 0 unspecified atom stereocenters. The molecule has 4 rings (SSSR count). The maximum absolute atomic E-state index is 12.6. The average Bonchev–Trinajstić information content (AvgIpc) is 3.42. The van der Waals surface area contributed by atoms with E-state index in [9.17, 15) is 4.79 Å². The Bertz CT molecular complexity index is 1250. The lowest BCUT2D eigenvalue weighted by molar-refractivity contribution is 0.0992. The number of hydrogen-bond acceptors (Lipinski definition) is 5. The van der Waals surface area contributed by atoms with Gasteiger partial charge in [-0.1, -0.05) is 40.9 Å². The number of carbonyl (C=O) groups is 1. The molecular weight excluding hydrogens is 489 g/mol. The summed E-state index contributed by atoms with van der Waals surface area (Å²) >= 11 is 18.7. The lowest BCUT2D eigenvalue weighted by atomic mass is 10.2. The number of amides is 1. The Hall–Kier alpha value is -3.13. The first kappa shape index (κ1) is 23.0. The molecule has 1 N–H and O–H groups in total. The molecule has 170 valence electrons. The normalized spacial score (nSPS) is 10.8. The van der Waals surface area contributed by atoms with Crippen molar-refractivity contribution in [3.05, 3.63) is 92.9 Å². The summed E-state index contributed by atoms with van der Waals surface area (Å²) in [6, 6.07) is 15.6. The number of benzene rings is 2. The van der Waals surface area contributed by atoms with Gasteiger partial charge < -0.3 is 19.2 Å². The van der Waals surface area contributed by atoms with Crippen LogP contribution in [0.25, 0.3) is 0 Å². The summed E-state index contributed by atoms with van der Waals surface area (Å²) in [5.74, 6) is 1.67. The first-order valence-corrected chi connectivity index (χ1v) is 10.9. The van der Waals surface area contributed by atoms with E-state index in [-0.39, 0.29) is 23.2 Å². The molecular formula is C23H18Cl3N3O4. The molecule has 0 saturated carbocycles. The van der Waals surface area contributed by atoms with Crippen LogP contribution >= 0.6 is 34.8 Å². The van der Waals surface area contributed by atoms with E-state index in [1.165, 1.54) is 0 Å². The fraction of sp³-hybridized carbons (Fsp3) is 0.130. The Morgan fingerprint density at radius 3 is 2.39 bits per heavy atom. The van der Waals surface area contributed by atoms with Gasteiger partial charge in [-0.3, -0.25) is 9.48 Å².